The van der Waals surface area contributed by atoms with E-state index in [1.54, 1.807) is 0 Å². The Hall–Kier alpha value is -1.13. The molecule has 4 heteroatoms. The first-order chi connectivity index (χ1) is 8.11. The molecule has 2 rings (SSSR count). The molecule has 0 radical (unpaired) electrons. The summed E-state index contributed by atoms with van der Waals surface area (Å²) in [6.07, 6.45) is 0. The number of rotatable bonds is 3. The van der Waals surface area contributed by atoms with Gasteiger partial charge in [0.25, 0.3) is 0 Å². The molecule has 1 atom stereocenters. The van der Waals surface area contributed by atoms with E-state index in [1.807, 2.05) is 19.1 Å². The lowest BCUT2D eigenvalue weighted by Crippen LogP contribution is -2.10. The first-order valence-electron chi connectivity index (χ1n) is 5.64. The first-order valence-corrected chi connectivity index (χ1v) is 6.43. The Morgan fingerprint density at radius 2 is 2.00 bits per heavy atom. The second-order valence-corrected chi connectivity index (χ2v) is 5.15. The zero-order valence-corrected chi connectivity index (χ0v) is 11.6. The molecule has 1 aromatic heterocycles. The zero-order chi connectivity index (χ0) is 12.4. The molecule has 3 N–H and O–H groups in total. The minimum atomic E-state index is 0.262. The number of nitrogens with two attached hydrogens (primary N) is 1. The lowest BCUT2D eigenvalue weighted by Gasteiger charge is -2.02. The number of aryl methyl sites for hydroxylation is 1. The summed E-state index contributed by atoms with van der Waals surface area (Å²) < 4.78 is 1.07. The van der Waals surface area contributed by atoms with E-state index in [9.17, 15) is 0 Å². The van der Waals surface area contributed by atoms with Crippen molar-refractivity contribution in [3.05, 3.63) is 40.3 Å². The summed E-state index contributed by atoms with van der Waals surface area (Å²) in [6, 6.07) is 8.17. The van der Waals surface area contributed by atoms with Crippen LogP contribution in [0.15, 0.2) is 28.7 Å². The van der Waals surface area contributed by atoms with Crippen molar-refractivity contribution >= 4 is 15.9 Å². The van der Waals surface area contributed by atoms with Crippen molar-refractivity contribution in [2.24, 2.45) is 5.73 Å². The summed E-state index contributed by atoms with van der Waals surface area (Å²) in [5.74, 6) is 1.22. The minimum absolute atomic E-state index is 0.262. The van der Waals surface area contributed by atoms with Crippen LogP contribution < -0.4 is 5.73 Å². The number of aromatic amines is 1. The van der Waals surface area contributed by atoms with E-state index < -0.39 is 0 Å². The van der Waals surface area contributed by atoms with Crippen LogP contribution in [0.5, 0.6) is 0 Å². The molecule has 0 aliphatic heterocycles. The van der Waals surface area contributed by atoms with Crippen molar-refractivity contribution in [1.29, 1.82) is 0 Å². The molecule has 0 aliphatic rings. The lowest BCUT2D eigenvalue weighted by molar-refractivity contribution is 0.723. The van der Waals surface area contributed by atoms with Gasteiger partial charge in [0, 0.05) is 28.2 Å². The SMILES string of the molecule is Cc1[nH]c(C(C)CN)nc1-c1ccc(Br)cc1. The average Bonchev–Trinajstić information content (AvgIpc) is 2.71. The molecule has 0 spiro atoms. The van der Waals surface area contributed by atoms with Crippen LogP contribution in [-0.4, -0.2) is 16.5 Å². The quantitative estimate of drug-likeness (QED) is 0.913. The summed E-state index contributed by atoms with van der Waals surface area (Å²) in [7, 11) is 0. The lowest BCUT2D eigenvalue weighted by atomic mass is 10.1. The number of benzene rings is 1. The third kappa shape index (κ3) is 2.58. The van der Waals surface area contributed by atoms with E-state index in [2.05, 4.69) is 45.0 Å². The Morgan fingerprint density at radius 3 is 2.59 bits per heavy atom. The molecule has 1 aromatic carbocycles. The number of halogens is 1. The van der Waals surface area contributed by atoms with Crippen molar-refractivity contribution in [3.63, 3.8) is 0 Å². The van der Waals surface area contributed by atoms with Crippen LogP contribution in [0.2, 0.25) is 0 Å². The second kappa shape index (κ2) is 5.02. The van der Waals surface area contributed by atoms with Crippen LogP contribution in [0.25, 0.3) is 11.3 Å². The molecule has 0 fully saturated rings. The molecule has 0 amide bonds. The predicted molar refractivity (Wildman–Crippen MR) is 73.9 cm³/mol. The predicted octanol–water partition coefficient (Wildman–Crippen LogP) is 3.21. The molecule has 17 heavy (non-hydrogen) atoms. The van der Waals surface area contributed by atoms with Crippen LogP contribution in [-0.2, 0) is 0 Å². The van der Waals surface area contributed by atoms with Crippen molar-refractivity contribution in [3.8, 4) is 11.3 Å². The Bertz CT molecular complexity index is 502. The van der Waals surface area contributed by atoms with Gasteiger partial charge in [-0.2, -0.15) is 0 Å². The van der Waals surface area contributed by atoms with E-state index >= 15 is 0 Å². The molecule has 90 valence electrons. The smallest absolute Gasteiger partial charge is 0.111 e. The fraction of sp³-hybridized carbons (Fsp3) is 0.308. The number of nitrogens with zero attached hydrogens (tertiary/aromatic N) is 1. The van der Waals surface area contributed by atoms with E-state index in [0.717, 1.165) is 27.2 Å². The van der Waals surface area contributed by atoms with Gasteiger partial charge in [-0.25, -0.2) is 4.98 Å². The van der Waals surface area contributed by atoms with Crippen molar-refractivity contribution in [2.45, 2.75) is 19.8 Å². The molecule has 1 heterocycles. The monoisotopic (exact) mass is 293 g/mol. The zero-order valence-electron chi connectivity index (χ0n) is 10.00. The number of imidazole rings is 1. The molecule has 0 bridgehead atoms. The molecular formula is C13H16BrN3. The van der Waals surface area contributed by atoms with Gasteiger partial charge in [-0.1, -0.05) is 35.0 Å². The van der Waals surface area contributed by atoms with E-state index in [0.29, 0.717) is 6.54 Å². The van der Waals surface area contributed by atoms with Gasteiger partial charge in [-0.3, -0.25) is 0 Å². The van der Waals surface area contributed by atoms with Gasteiger partial charge in [0.1, 0.15) is 5.82 Å². The molecule has 0 saturated carbocycles. The minimum Gasteiger partial charge on any atom is -0.345 e. The highest BCUT2D eigenvalue weighted by Gasteiger charge is 2.12. The molecule has 2 aromatic rings. The fourth-order valence-electron chi connectivity index (χ4n) is 1.72. The molecule has 1 unspecified atom stereocenters. The highest BCUT2D eigenvalue weighted by atomic mass is 79.9. The second-order valence-electron chi connectivity index (χ2n) is 4.24. The van der Waals surface area contributed by atoms with Crippen molar-refractivity contribution in [1.82, 2.24) is 9.97 Å². The highest BCUT2D eigenvalue weighted by Crippen LogP contribution is 2.24. The molecule has 0 aliphatic carbocycles. The van der Waals surface area contributed by atoms with Gasteiger partial charge < -0.3 is 10.7 Å². The maximum absolute atomic E-state index is 5.66. The van der Waals surface area contributed by atoms with Gasteiger partial charge in [-0.15, -0.1) is 0 Å². The summed E-state index contributed by atoms with van der Waals surface area (Å²) in [5, 5.41) is 0. The Balaban J connectivity index is 2.39. The van der Waals surface area contributed by atoms with Gasteiger partial charge in [0.05, 0.1) is 5.69 Å². The number of H-pyrrole nitrogens is 1. The first kappa shape index (κ1) is 12.3. The maximum atomic E-state index is 5.66. The topological polar surface area (TPSA) is 54.7 Å². The number of hydrogen-bond donors (Lipinski definition) is 2. The Labute approximate surface area is 110 Å². The van der Waals surface area contributed by atoms with E-state index in [-0.39, 0.29) is 5.92 Å². The fourth-order valence-corrected chi connectivity index (χ4v) is 1.98. The van der Waals surface area contributed by atoms with Gasteiger partial charge in [0.15, 0.2) is 0 Å². The summed E-state index contributed by atoms with van der Waals surface area (Å²) in [4.78, 5) is 7.94. The normalized spacial score (nSPS) is 12.7. The molecule has 0 saturated heterocycles. The van der Waals surface area contributed by atoms with E-state index in [4.69, 9.17) is 5.73 Å². The Morgan fingerprint density at radius 1 is 1.35 bits per heavy atom. The van der Waals surface area contributed by atoms with Crippen LogP contribution in [0.1, 0.15) is 24.4 Å². The van der Waals surface area contributed by atoms with Gasteiger partial charge in [0.2, 0.25) is 0 Å². The van der Waals surface area contributed by atoms with Gasteiger partial charge in [-0.05, 0) is 19.1 Å². The van der Waals surface area contributed by atoms with E-state index in [1.165, 1.54) is 0 Å². The van der Waals surface area contributed by atoms with Crippen molar-refractivity contribution in [2.75, 3.05) is 6.54 Å². The van der Waals surface area contributed by atoms with Gasteiger partial charge >= 0.3 is 0 Å². The highest BCUT2D eigenvalue weighted by molar-refractivity contribution is 9.10. The molecular weight excluding hydrogens is 278 g/mol. The Kier molecular flexibility index (Phi) is 3.64. The summed E-state index contributed by atoms with van der Waals surface area (Å²) in [6.45, 7) is 4.72. The van der Waals surface area contributed by atoms with Crippen molar-refractivity contribution < 1.29 is 0 Å². The standard InChI is InChI=1S/C13H16BrN3/c1-8(7-15)13-16-9(2)12(17-13)10-3-5-11(14)6-4-10/h3-6,8H,7,15H2,1-2H3,(H,16,17). The average molecular weight is 294 g/mol. The van der Waals surface area contributed by atoms with Crippen LogP contribution in [0, 0.1) is 6.92 Å². The summed E-state index contributed by atoms with van der Waals surface area (Å²) >= 11 is 3.43. The maximum Gasteiger partial charge on any atom is 0.111 e. The largest absolute Gasteiger partial charge is 0.345 e. The number of hydrogen-bond acceptors (Lipinski definition) is 2. The van der Waals surface area contributed by atoms with Crippen LogP contribution in [0.3, 0.4) is 0 Å². The third-order valence-electron chi connectivity index (χ3n) is 2.84. The van der Waals surface area contributed by atoms with Crippen LogP contribution in [0.4, 0.5) is 0 Å². The summed E-state index contributed by atoms with van der Waals surface area (Å²) in [5.41, 5.74) is 8.87. The van der Waals surface area contributed by atoms with Crippen LogP contribution >= 0.6 is 15.9 Å². The number of nitrogens with one attached hydrogen (secondary N) is 1. The number of aromatic nitrogens is 2. The molecule has 3 nitrogen and oxygen atoms in total. The third-order valence-corrected chi connectivity index (χ3v) is 3.37.